The lowest BCUT2D eigenvalue weighted by atomic mass is 10.1. The largest absolute Gasteiger partial charge is 0.483 e. The first-order chi connectivity index (χ1) is 14.6. The summed E-state index contributed by atoms with van der Waals surface area (Å²) in [6.45, 7) is 9.57. The molecule has 2 aromatic rings. The molecule has 0 unspecified atom stereocenters. The SMILES string of the molecule is CC[C@H](C(=O)NC(C)C)N(Cc1ccc(Cl)cc1Cl)C(=O)COc1ccc(C)cc1C. The zero-order valence-corrected chi connectivity index (χ0v) is 20.2. The van der Waals surface area contributed by atoms with Crippen molar-refractivity contribution in [1.82, 2.24) is 10.2 Å². The van der Waals surface area contributed by atoms with Gasteiger partial charge in [-0.15, -0.1) is 0 Å². The first-order valence-corrected chi connectivity index (χ1v) is 11.1. The molecular weight excluding hydrogens is 435 g/mol. The second-order valence-electron chi connectivity index (χ2n) is 7.90. The van der Waals surface area contributed by atoms with Crippen LogP contribution in [-0.4, -0.2) is 35.4 Å². The predicted octanol–water partition coefficient (Wildman–Crippen LogP) is 5.32. The van der Waals surface area contributed by atoms with Crippen molar-refractivity contribution in [1.29, 1.82) is 0 Å². The average molecular weight is 465 g/mol. The van der Waals surface area contributed by atoms with E-state index in [1.807, 2.05) is 52.8 Å². The molecule has 0 radical (unpaired) electrons. The molecule has 0 heterocycles. The number of rotatable bonds is 9. The number of benzene rings is 2. The molecule has 0 aliphatic heterocycles. The van der Waals surface area contributed by atoms with Crippen LogP contribution in [0.3, 0.4) is 0 Å². The van der Waals surface area contributed by atoms with Crippen LogP contribution in [0.5, 0.6) is 5.75 Å². The number of carbonyl (C=O) groups excluding carboxylic acids is 2. The van der Waals surface area contributed by atoms with Crippen LogP contribution in [0.1, 0.15) is 43.9 Å². The van der Waals surface area contributed by atoms with E-state index < -0.39 is 6.04 Å². The Hall–Kier alpha value is -2.24. The summed E-state index contributed by atoms with van der Waals surface area (Å²) in [5.74, 6) is 0.141. The molecule has 0 spiro atoms. The first-order valence-electron chi connectivity index (χ1n) is 10.4. The van der Waals surface area contributed by atoms with Crippen molar-refractivity contribution in [2.75, 3.05) is 6.61 Å². The highest BCUT2D eigenvalue weighted by atomic mass is 35.5. The third-order valence-corrected chi connectivity index (χ3v) is 5.44. The summed E-state index contributed by atoms with van der Waals surface area (Å²) in [5, 5.41) is 3.85. The molecule has 31 heavy (non-hydrogen) atoms. The monoisotopic (exact) mass is 464 g/mol. The van der Waals surface area contributed by atoms with Crippen LogP contribution in [0.25, 0.3) is 0 Å². The maximum atomic E-state index is 13.2. The summed E-state index contributed by atoms with van der Waals surface area (Å²) in [6.07, 6.45) is 0.457. The molecule has 0 fully saturated rings. The van der Waals surface area contributed by atoms with Gasteiger partial charge in [-0.3, -0.25) is 9.59 Å². The fraction of sp³-hybridized carbons (Fsp3) is 0.417. The van der Waals surface area contributed by atoms with Gasteiger partial charge in [0.2, 0.25) is 5.91 Å². The molecule has 2 rings (SSSR count). The normalized spacial score (nSPS) is 11.9. The smallest absolute Gasteiger partial charge is 0.261 e. The number of aryl methyl sites for hydroxylation is 2. The number of carbonyl (C=O) groups is 2. The van der Waals surface area contributed by atoms with Crippen molar-refractivity contribution in [2.45, 2.75) is 59.7 Å². The summed E-state index contributed by atoms with van der Waals surface area (Å²) in [7, 11) is 0. The molecule has 2 aromatic carbocycles. The van der Waals surface area contributed by atoms with Crippen molar-refractivity contribution in [3.63, 3.8) is 0 Å². The van der Waals surface area contributed by atoms with E-state index in [0.29, 0.717) is 27.8 Å². The van der Waals surface area contributed by atoms with Crippen LogP contribution in [0.2, 0.25) is 10.0 Å². The minimum absolute atomic E-state index is 0.0379. The van der Waals surface area contributed by atoms with Gasteiger partial charge in [0.15, 0.2) is 6.61 Å². The molecule has 0 saturated carbocycles. The highest BCUT2D eigenvalue weighted by molar-refractivity contribution is 6.35. The van der Waals surface area contributed by atoms with E-state index in [-0.39, 0.29) is 31.0 Å². The van der Waals surface area contributed by atoms with E-state index in [4.69, 9.17) is 27.9 Å². The molecule has 0 aliphatic rings. The zero-order valence-electron chi connectivity index (χ0n) is 18.7. The van der Waals surface area contributed by atoms with E-state index in [0.717, 1.165) is 11.1 Å². The number of amides is 2. The molecular formula is C24H30Cl2N2O3. The van der Waals surface area contributed by atoms with Gasteiger partial charge in [0.25, 0.3) is 5.91 Å². The van der Waals surface area contributed by atoms with Gasteiger partial charge in [0, 0.05) is 22.6 Å². The fourth-order valence-electron chi connectivity index (χ4n) is 3.32. The first kappa shape index (κ1) is 25.0. The molecule has 168 valence electrons. The maximum Gasteiger partial charge on any atom is 0.261 e. The summed E-state index contributed by atoms with van der Waals surface area (Å²) >= 11 is 12.4. The highest BCUT2D eigenvalue weighted by Gasteiger charge is 2.29. The summed E-state index contributed by atoms with van der Waals surface area (Å²) < 4.78 is 5.80. The van der Waals surface area contributed by atoms with Gasteiger partial charge in [-0.2, -0.15) is 0 Å². The summed E-state index contributed by atoms with van der Waals surface area (Å²) in [5.41, 5.74) is 2.78. The molecule has 0 aliphatic carbocycles. The molecule has 1 N–H and O–H groups in total. The van der Waals surface area contributed by atoms with Crippen LogP contribution in [0.15, 0.2) is 36.4 Å². The third-order valence-electron chi connectivity index (χ3n) is 4.85. The van der Waals surface area contributed by atoms with Gasteiger partial charge in [-0.1, -0.05) is 53.9 Å². The van der Waals surface area contributed by atoms with Gasteiger partial charge < -0.3 is 15.0 Å². The predicted molar refractivity (Wildman–Crippen MR) is 126 cm³/mol. The lowest BCUT2D eigenvalue weighted by Gasteiger charge is -2.31. The second-order valence-corrected chi connectivity index (χ2v) is 8.75. The summed E-state index contributed by atoms with van der Waals surface area (Å²) in [4.78, 5) is 27.6. The van der Waals surface area contributed by atoms with E-state index in [2.05, 4.69) is 5.32 Å². The van der Waals surface area contributed by atoms with Gasteiger partial charge in [-0.05, 0) is 63.4 Å². The molecule has 7 heteroatoms. The lowest BCUT2D eigenvalue weighted by Crippen LogP contribution is -2.51. The fourth-order valence-corrected chi connectivity index (χ4v) is 3.79. The molecule has 0 saturated heterocycles. The number of hydrogen-bond donors (Lipinski definition) is 1. The van der Waals surface area contributed by atoms with Crippen LogP contribution in [-0.2, 0) is 16.1 Å². The minimum Gasteiger partial charge on any atom is -0.483 e. The van der Waals surface area contributed by atoms with E-state index in [9.17, 15) is 9.59 Å². The van der Waals surface area contributed by atoms with Gasteiger partial charge in [0.1, 0.15) is 11.8 Å². The average Bonchev–Trinajstić information content (AvgIpc) is 2.68. The summed E-state index contributed by atoms with van der Waals surface area (Å²) in [6, 6.07) is 10.2. The standard InChI is InChI=1S/C24H30Cl2N2O3/c1-6-21(24(30)27-15(2)3)28(13-18-8-9-19(25)12-20(18)26)23(29)14-31-22-10-7-16(4)11-17(22)5/h7-12,15,21H,6,13-14H2,1-5H3,(H,27,30)/t21-/m1/s1. The Kier molecular flexibility index (Phi) is 9.20. The van der Waals surface area contributed by atoms with E-state index >= 15 is 0 Å². The Bertz CT molecular complexity index is 931. The van der Waals surface area contributed by atoms with E-state index in [1.165, 1.54) is 4.90 Å². The second kappa shape index (κ2) is 11.4. The minimum atomic E-state index is -0.649. The van der Waals surface area contributed by atoms with Crippen LogP contribution >= 0.6 is 23.2 Å². The molecule has 1 atom stereocenters. The van der Waals surface area contributed by atoms with Gasteiger partial charge in [-0.25, -0.2) is 0 Å². The number of halogens is 2. The zero-order chi connectivity index (χ0) is 23.1. The lowest BCUT2D eigenvalue weighted by molar-refractivity contribution is -0.143. The van der Waals surface area contributed by atoms with Crippen molar-refractivity contribution < 1.29 is 14.3 Å². The third kappa shape index (κ3) is 7.15. The number of nitrogens with one attached hydrogen (secondary N) is 1. The number of ether oxygens (including phenoxy) is 1. The Balaban J connectivity index is 2.27. The van der Waals surface area contributed by atoms with Crippen molar-refractivity contribution >= 4 is 35.0 Å². The van der Waals surface area contributed by atoms with Gasteiger partial charge >= 0.3 is 0 Å². The Morgan fingerprint density at radius 2 is 1.81 bits per heavy atom. The number of nitrogens with zero attached hydrogens (tertiary/aromatic N) is 1. The molecule has 0 bridgehead atoms. The molecule has 0 aromatic heterocycles. The van der Waals surface area contributed by atoms with Crippen molar-refractivity contribution in [2.24, 2.45) is 0 Å². The number of hydrogen-bond acceptors (Lipinski definition) is 3. The van der Waals surface area contributed by atoms with Crippen molar-refractivity contribution in [3.8, 4) is 5.75 Å². The maximum absolute atomic E-state index is 13.2. The highest BCUT2D eigenvalue weighted by Crippen LogP contribution is 2.24. The molecule has 2 amide bonds. The topological polar surface area (TPSA) is 58.6 Å². The Morgan fingerprint density at radius 1 is 1.10 bits per heavy atom. The van der Waals surface area contributed by atoms with Crippen LogP contribution < -0.4 is 10.1 Å². The Morgan fingerprint density at radius 3 is 2.39 bits per heavy atom. The quantitative estimate of drug-likeness (QED) is 0.545. The van der Waals surface area contributed by atoms with E-state index in [1.54, 1.807) is 18.2 Å². The van der Waals surface area contributed by atoms with Crippen LogP contribution in [0, 0.1) is 13.8 Å². The van der Waals surface area contributed by atoms with Gasteiger partial charge in [0.05, 0.1) is 0 Å². The van der Waals surface area contributed by atoms with Crippen molar-refractivity contribution in [3.05, 3.63) is 63.1 Å². The molecule has 5 nitrogen and oxygen atoms in total. The van der Waals surface area contributed by atoms with Crippen LogP contribution in [0.4, 0.5) is 0 Å². The Labute approximate surface area is 194 Å².